The van der Waals surface area contributed by atoms with Crippen LogP contribution in [0.5, 0.6) is 0 Å². The number of anilines is 1. The van der Waals surface area contributed by atoms with Crippen LogP contribution in [0.25, 0.3) is 32.7 Å². The van der Waals surface area contributed by atoms with Crippen LogP contribution in [0.15, 0.2) is 97.3 Å². The zero-order valence-electron chi connectivity index (χ0n) is 16.0. The highest BCUT2D eigenvalue weighted by Gasteiger charge is 2.23. The molecule has 2 heterocycles. The summed E-state index contributed by atoms with van der Waals surface area (Å²) in [4.78, 5) is 6.66. The van der Waals surface area contributed by atoms with Crippen LogP contribution in [-0.4, -0.2) is 4.98 Å². The average molecular weight is 372 g/mol. The van der Waals surface area contributed by atoms with E-state index in [0.29, 0.717) is 0 Å². The molecule has 1 aliphatic heterocycles. The van der Waals surface area contributed by atoms with Crippen molar-refractivity contribution < 1.29 is 0 Å². The number of aromatic nitrogens is 1. The Morgan fingerprint density at radius 1 is 0.552 bits per heavy atom. The number of fused-ring (bicyclic) bond motifs is 7. The van der Waals surface area contributed by atoms with Gasteiger partial charge in [0.05, 0.1) is 0 Å². The van der Waals surface area contributed by atoms with Crippen molar-refractivity contribution in [1.82, 2.24) is 4.98 Å². The second kappa shape index (κ2) is 6.46. The Labute approximate surface area is 170 Å². The van der Waals surface area contributed by atoms with E-state index in [9.17, 15) is 0 Å². The van der Waals surface area contributed by atoms with E-state index in [2.05, 4.69) is 94.8 Å². The van der Waals surface area contributed by atoms with Crippen molar-refractivity contribution in [2.45, 2.75) is 13.1 Å². The largest absolute Gasteiger partial charge is 0.363 e. The van der Waals surface area contributed by atoms with E-state index in [-0.39, 0.29) is 0 Å². The molecule has 2 nitrogen and oxygen atoms in total. The van der Waals surface area contributed by atoms with Gasteiger partial charge >= 0.3 is 0 Å². The molecule has 0 bridgehead atoms. The van der Waals surface area contributed by atoms with Crippen molar-refractivity contribution >= 4 is 27.2 Å². The Hall–Kier alpha value is -3.65. The molecule has 0 aliphatic carbocycles. The third kappa shape index (κ3) is 2.60. The van der Waals surface area contributed by atoms with Gasteiger partial charge in [0, 0.05) is 31.2 Å². The Bertz CT molecular complexity index is 1270. The van der Waals surface area contributed by atoms with Gasteiger partial charge in [-0.3, -0.25) is 4.98 Å². The zero-order valence-corrected chi connectivity index (χ0v) is 16.0. The molecule has 0 radical (unpaired) electrons. The fourth-order valence-electron chi connectivity index (χ4n) is 4.69. The van der Waals surface area contributed by atoms with Gasteiger partial charge in [0.2, 0.25) is 0 Å². The van der Waals surface area contributed by atoms with Gasteiger partial charge in [-0.1, -0.05) is 72.8 Å². The summed E-state index contributed by atoms with van der Waals surface area (Å²) in [5.74, 6) is 0. The quantitative estimate of drug-likeness (QED) is 0.330. The Morgan fingerprint density at radius 2 is 1.07 bits per heavy atom. The van der Waals surface area contributed by atoms with Crippen LogP contribution in [0.2, 0.25) is 0 Å². The first-order valence-corrected chi connectivity index (χ1v) is 10.0. The standard InChI is InChI=1S/C27H20N2/c1-3-7-24-19(5-1)9-11-21-17-29(23-13-15-28-16-14-23)18-22-12-10-20-6-2-4-8-25(20)27(22)26(21)24/h1-16H,17-18H2. The fraction of sp³-hybridized carbons (Fsp3) is 0.0741. The van der Waals surface area contributed by atoms with Gasteiger partial charge < -0.3 is 4.90 Å². The number of pyridine rings is 1. The van der Waals surface area contributed by atoms with Crippen LogP contribution in [0.3, 0.4) is 0 Å². The second-order valence-corrected chi connectivity index (χ2v) is 7.70. The minimum Gasteiger partial charge on any atom is -0.363 e. The normalized spacial score (nSPS) is 13.2. The number of hydrogen-bond donors (Lipinski definition) is 0. The first kappa shape index (κ1) is 16.3. The minimum absolute atomic E-state index is 0.882. The van der Waals surface area contributed by atoms with Crippen molar-refractivity contribution in [3.8, 4) is 11.1 Å². The molecular formula is C27H20N2. The van der Waals surface area contributed by atoms with E-state index in [4.69, 9.17) is 0 Å². The van der Waals surface area contributed by atoms with E-state index < -0.39 is 0 Å². The van der Waals surface area contributed by atoms with Crippen LogP contribution in [-0.2, 0) is 13.1 Å². The number of rotatable bonds is 1. The van der Waals surface area contributed by atoms with E-state index in [1.54, 1.807) is 0 Å². The molecule has 5 aromatic rings. The predicted octanol–water partition coefficient (Wildman–Crippen LogP) is 6.58. The maximum absolute atomic E-state index is 4.21. The average Bonchev–Trinajstić information content (AvgIpc) is 2.97. The third-order valence-corrected chi connectivity index (χ3v) is 6.03. The number of hydrogen-bond acceptors (Lipinski definition) is 2. The summed E-state index contributed by atoms with van der Waals surface area (Å²) in [6.07, 6.45) is 3.76. The Morgan fingerprint density at radius 3 is 1.62 bits per heavy atom. The molecule has 6 rings (SSSR count). The third-order valence-electron chi connectivity index (χ3n) is 6.03. The summed E-state index contributed by atoms with van der Waals surface area (Å²) in [5, 5.41) is 5.25. The van der Waals surface area contributed by atoms with Gasteiger partial charge in [0.1, 0.15) is 0 Å². The molecule has 29 heavy (non-hydrogen) atoms. The summed E-state index contributed by atoms with van der Waals surface area (Å²) >= 11 is 0. The van der Waals surface area contributed by atoms with Crippen LogP contribution in [0.1, 0.15) is 11.1 Å². The highest BCUT2D eigenvalue weighted by Crippen LogP contribution is 2.42. The van der Waals surface area contributed by atoms with Gasteiger partial charge in [-0.15, -0.1) is 0 Å². The summed E-state index contributed by atoms with van der Waals surface area (Å²) in [7, 11) is 0. The van der Waals surface area contributed by atoms with Crippen molar-refractivity contribution in [2.75, 3.05) is 4.90 Å². The highest BCUT2D eigenvalue weighted by atomic mass is 15.1. The van der Waals surface area contributed by atoms with E-state index in [1.165, 1.54) is 49.5 Å². The molecule has 0 amide bonds. The van der Waals surface area contributed by atoms with Crippen molar-refractivity contribution in [3.05, 3.63) is 108 Å². The van der Waals surface area contributed by atoms with Crippen LogP contribution in [0.4, 0.5) is 5.69 Å². The molecule has 0 N–H and O–H groups in total. The number of nitrogens with zero attached hydrogens (tertiary/aromatic N) is 2. The maximum Gasteiger partial charge on any atom is 0.0439 e. The van der Waals surface area contributed by atoms with Crippen molar-refractivity contribution in [2.24, 2.45) is 0 Å². The smallest absolute Gasteiger partial charge is 0.0439 e. The Kier molecular flexibility index (Phi) is 3.63. The molecule has 2 heteroatoms. The van der Waals surface area contributed by atoms with Crippen LogP contribution in [0, 0.1) is 0 Å². The summed E-state index contributed by atoms with van der Waals surface area (Å²) in [5.41, 5.74) is 6.71. The molecule has 0 unspecified atom stereocenters. The monoisotopic (exact) mass is 372 g/mol. The Balaban J connectivity index is 1.72. The molecule has 0 atom stereocenters. The van der Waals surface area contributed by atoms with Gasteiger partial charge in [-0.2, -0.15) is 0 Å². The fourth-order valence-corrected chi connectivity index (χ4v) is 4.69. The van der Waals surface area contributed by atoms with Gasteiger partial charge in [0.15, 0.2) is 0 Å². The molecule has 0 saturated carbocycles. The number of benzene rings is 4. The second-order valence-electron chi connectivity index (χ2n) is 7.70. The molecule has 138 valence electrons. The first-order chi connectivity index (χ1) is 14.4. The molecule has 4 aromatic carbocycles. The van der Waals surface area contributed by atoms with E-state index in [1.807, 2.05) is 12.4 Å². The molecule has 0 spiro atoms. The van der Waals surface area contributed by atoms with E-state index in [0.717, 1.165) is 13.1 Å². The van der Waals surface area contributed by atoms with Gasteiger partial charge in [0.25, 0.3) is 0 Å². The molecule has 1 aromatic heterocycles. The summed E-state index contributed by atoms with van der Waals surface area (Å²) in [6.45, 7) is 1.76. The zero-order chi connectivity index (χ0) is 19.2. The van der Waals surface area contributed by atoms with E-state index >= 15 is 0 Å². The first-order valence-electron chi connectivity index (χ1n) is 10.0. The van der Waals surface area contributed by atoms with Crippen LogP contribution < -0.4 is 4.90 Å². The summed E-state index contributed by atoms with van der Waals surface area (Å²) in [6, 6.07) is 30.9. The molecule has 0 saturated heterocycles. The molecule has 0 fully saturated rings. The predicted molar refractivity (Wildman–Crippen MR) is 121 cm³/mol. The highest BCUT2D eigenvalue weighted by molar-refractivity contribution is 6.08. The lowest BCUT2D eigenvalue weighted by Crippen LogP contribution is -2.20. The van der Waals surface area contributed by atoms with Crippen LogP contribution >= 0.6 is 0 Å². The minimum atomic E-state index is 0.882. The lowest BCUT2D eigenvalue weighted by Gasteiger charge is -2.23. The lowest BCUT2D eigenvalue weighted by molar-refractivity contribution is 0.812. The molecular weight excluding hydrogens is 352 g/mol. The van der Waals surface area contributed by atoms with Gasteiger partial charge in [-0.25, -0.2) is 0 Å². The molecule has 1 aliphatic rings. The van der Waals surface area contributed by atoms with Crippen molar-refractivity contribution in [3.63, 3.8) is 0 Å². The topological polar surface area (TPSA) is 16.1 Å². The van der Waals surface area contributed by atoms with Crippen molar-refractivity contribution in [1.29, 1.82) is 0 Å². The summed E-state index contributed by atoms with van der Waals surface area (Å²) < 4.78 is 0. The lowest BCUT2D eigenvalue weighted by atomic mass is 9.88. The SMILES string of the molecule is c1ccc2c3c(ccc2c1)CN(c1ccncc1)Cc1ccc2ccccc2c1-3. The maximum atomic E-state index is 4.21. The van der Waals surface area contributed by atoms with Gasteiger partial charge in [-0.05, 0) is 55.9 Å².